The lowest BCUT2D eigenvalue weighted by atomic mass is 10.1. The Morgan fingerprint density at radius 1 is 1.07 bits per heavy atom. The third-order valence-corrected chi connectivity index (χ3v) is 5.34. The van der Waals surface area contributed by atoms with Crippen LogP contribution in [0, 0.1) is 0 Å². The summed E-state index contributed by atoms with van der Waals surface area (Å²) in [5.74, 6) is 1.76. The molecule has 0 unspecified atom stereocenters. The first-order chi connectivity index (χ1) is 14.2. The molecule has 1 N–H and O–H groups in total. The van der Waals surface area contributed by atoms with Gasteiger partial charge < -0.3 is 15.1 Å². The number of hydrogen-bond donors (Lipinski definition) is 1. The molecule has 0 spiro atoms. The number of aromatic nitrogens is 2. The summed E-state index contributed by atoms with van der Waals surface area (Å²) in [7, 11) is 3.93. The maximum Gasteiger partial charge on any atom is 0.225 e. The van der Waals surface area contributed by atoms with Crippen LogP contribution in [-0.2, 0) is 13.0 Å². The van der Waals surface area contributed by atoms with Crippen molar-refractivity contribution < 1.29 is 0 Å². The SMILES string of the molecule is CCc1ccc(CN(C)C(=NC)NCCN2CCN(c3ncccn3)CC2)cc1.I. The predicted molar refractivity (Wildman–Crippen MR) is 135 cm³/mol. The van der Waals surface area contributed by atoms with Gasteiger partial charge in [-0.2, -0.15) is 0 Å². The smallest absolute Gasteiger partial charge is 0.225 e. The van der Waals surface area contributed by atoms with E-state index < -0.39 is 0 Å². The van der Waals surface area contributed by atoms with Crippen LogP contribution in [0.4, 0.5) is 5.95 Å². The lowest BCUT2D eigenvalue weighted by Crippen LogP contribution is -2.49. The second-order valence-electron chi connectivity index (χ2n) is 7.38. The Labute approximate surface area is 197 Å². The largest absolute Gasteiger partial charge is 0.355 e. The molecular formula is C22H34IN7. The molecule has 1 fully saturated rings. The summed E-state index contributed by atoms with van der Waals surface area (Å²) in [6.45, 7) is 8.89. The van der Waals surface area contributed by atoms with Gasteiger partial charge in [-0.1, -0.05) is 31.2 Å². The van der Waals surface area contributed by atoms with Crippen molar-refractivity contribution in [1.29, 1.82) is 0 Å². The van der Waals surface area contributed by atoms with E-state index in [-0.39, 0.29) is 24.0 Å². The van der Waals surface area contributed by atoms with Crippen molar-refractivity contribution in [2.75, 3.05) is 58.3 Å². The van der Waals surface area contributed by atoms with Crippen molar-refractivity contribution in [1.82, 2.24) is 25.1 Å². The number of benzene rings is 1. The molecule has 0 radical (unpaired) electrons. The van der Waals surface area contributed by atoms with Gasteiger partial charge in [0.15, 0.2) is 5.96 Å². The van der Waals surface area contributed by atoms with Crippen LogP contribution in [0.5, 0.6) is 0 Å². The summed E-state index contributed by atoms with van der Waals surface area (Å²) >= 11 is 0. The zero-order chi connectivity index (χ0) is 20.5. The molecule has 0 saturated carbocycles. The van der Waals surface area contributed by atoms with Crippen molar-refractivity contribution in [3.8, 4) is 0 Å². The van der Waals surface area contributed by atoms with E-state index in [2.05, 4.69) is 73.2 Å². The van der Waals surface area contributed by atoms with Crippen LogP contribution in [0.1, 0.15) is 18.1 Å². The molecule has 0 aliphatic carbocycles. The van der Waals surface area contributed by atoms with Crippen molar-refractivity contribution in [2.45, 2.75) is 19.9 Å². The Balaban J connectivity index is 0.00000320. The van der Waals surface area contributed by atoms with Gasteiger partial charge in [0.25, 0.3) is 0 Å². The van der Waals surface area contributed by atoms with Crippen LogP contribution >= 0.6 is 24.0 Å². The summed E-state index contributed by atoms with van der Waals surface area (Å²) in [4.78, 5) is 20.0. The van der Waals surface area contributed by atoms with E-state index in [1.807, 2.05) is 13.1 Å². The molecule has 30 heavy (non-hydrogen) atoms. The number of guanidine groups is 1. The molecule has 1 aliphatic heterocycles. The zero-order valence-electron chi connectivity index (χ0n) is 18.3. The Hall–Kier alpha value is -1.94. The minimum Gasteiger partial charge on any atom is -0.355 e. The topological polar surface area (TPSA) is 59.9 Å². The second kappa shape index (κ2) is 12.7. The van der Waals surface area contributed by atoms with E-state index in [4.69, 9.17) is 0 Å². The highest BCUT2D eigenvalue weighted by molar-refractivity contribution is 14.0. The number of anilines is 1. The summed E-state index contributed by atoms with van der Waals surface area (Å²) in [6, 6.07) is 10.7. The van der Waals surface area contributed by atoms with Crippen LogP contribution in [0.3, 0.4) is 0 Å². The van der Waals surface area contributed by atoms with Crippen molar-refractivity contribution in [2.24, 2.45) is 4.99 Å². The molecular weight excluding hydrogens is 489 g/mol. The quantitative estimate of drug-likeness (QED) is 0.342. The monoisotopic (exact) mass is 523 g/mol. The van der Waals surface area contributed by atoms with Crippen LogP contribution in [-0.4, -0.2) is 79.1 Å². The maximum absolute atomic E-state index is 4.44. The van der Waals surface area contributed by atoms with E-state index >= 15 is 0 Å². The minimum atomic E-state index is 0. The van der Waals surface area contributed by atoms with E-state index in [9.17, 15) is 0 Å². The minimum absolute atomic E-state index is 0. The van der Waals surface area contributed by atoms with E-state index in [0.29, 0.717) is 0 Å². The fourth-order valence-corrected chi connectivity index (χ4v) is 3.57. The lowest BCUT2D eigenvalue weighted by molar-refractivity contribution is 0.259. The molecule has 7 nitrogen and oxygen atoms in total. The van der Waals surface area contributed by atoms with Gasteiger partial charge in [0.2, 0.25) is 5.95 Å². The molecule has 0 amide bonds. The van der Waals surface area contributed by atoms with Gasteiger partial charge >= 0.3 is 0 Å². The van der Waals surface area contributed by atoms with Crippen LogP contribution in [0.25, 0.3) is 0 Å². The first-order valence-corrected chi connectivity index (χ1v) is 10.4. The van der Waals surface area contributed by atoms with Crippen LogP contribution in [0.15, 0.2) is 47.7 Å². The molecule has 3 rings (SSSR count). The third-order valence-electron chi connectivity index (χ3n) is 5.34. The zero-order valence-corrected chi connectivity index (χ0v) is 20.6. The normalized spacial score (nSPS) is 14.9. The highest BCUT2D eigenvalue weighted by atomic mass is 127. The number of nitrogens with zero attached hydrogens (tertiary/aromatic N) is 6. The van der Waals surface area contributed by atoms with Gasteiger partial charge in [0.1, 0.15) is 0 Å². The average Bonchev–Trinajstić information content (AvgIpc) is 2.78. The Kier molecular flexibility index (Phi) is 10.3. The summed E-state index contributed by atoms with van der Waals surface area (Å²) in [5, 5.41) is 3.50. The Morgan fingerprint density at radius 3 is 2.30 bits per heavy atom. The number of aryl methyl sites for hydroxylation is 1. The number of rotatable bonds is 7. The standard InChI is InChI=1S/C22H33N7.HI/c1-4-19-6-8-20(9-7-19)18-27(3)21(23-2)26-12-13-28-14-16-29(17-15-28)22-24-10-5-11-25-22;/h5-11H,4,12-18H2,1-3H3,(H,23,26);1H. The van der Waals surface area contributed by atoms with Gasteiger partial charge in [-0.05, 0) is 23.6 Å². The maximum atomic E-state index is 4.44. The van der Waals surface area contributed by atoms with Crippen LogP contribution in [0.2, 0.25) is 0 Å². The highest BCUT2D eigenvalue weighted by Gasteiger charge is 2.18. The Morgan fingerprint density at radius 2 is 1.70 bits per heavy atom. The molecule has 0 atom stereocenters. The number of aliphatic imine (C=N–C) groups is 1. The van der Waals surface area contributed by atoms with Gasteiger partial charge in [-0.15, -0.1) is 24.0 Å². The molecule has 1 saturated heterocycles. The van der Waals surface area contributed by atoms with Gasteiger partial charge in [0, 0.05) is 72.3 Å². The van der Waals surface area contributed by atoms with Crippen molar-refractivity contribution in [3.05, 3.63) is 53.9 Å². The first-order valence-electron chi connectivity index (χ1n) is 10.4. The molecule has 1 aliphatic rings. The fourth-order valence-electron chi connectivity index (χ4n) is 3.57. The number of hydrogen-bond acceptors (Lipinski definition) is 5. The third kappa shape index (κ3) is 7.09. The molecule has 1 aromatic heterocycles. The summed E-state index contributed by atoms with van der Waals surface area (Å²) in [5.41, 5.74) is 2.67. The van der Waals surface area contributed by atoms with E-state index in [1.165, 1.54) is 11.1 Å². The highest BCUT2D eigenvalue weighted by Crippen LogP contribution is 2.09. The van der Waals surface area contributed by atoms with Crippen molar-refractivity contribution in [3.63, 3.8) is 0 Å². The van der Waals surface area contributed by atoms with Gasteiger partial charge in [-0.25, -0.2) is 9.97 Å². The van der Waals surface area contributed by atoms with E-state index in [1.54, 1.807) is 12.4 Å². The summed E-state index contributed by atoms with van der Waals surface area (Å²) in [6.07, 6.45) is 4.68. The number of piperazine rings is 1. The number of halogens is 1. The Bertz CT molecular complexity index is 759. The predicted octanol–water partition coefficient (Wildman–Crippen LogP) is 2.49. The van der Waals surface area contributed by atoms with E-state index in [0.717, 1.165) is 64.1 Å². The summed E-state index contributed by atoms with van der Waals surface area (Å²) < 4.78 is 0. The molecule has 2 aromatic rings. The van der Waals surface area contributed by atoms with Crippen LogP contribution < -0.4 is 10.2 Å². The molecule has 2 heterocycles. The lowest BCUT2D eigenvalue weighted by Gasteiger charge is -2.34. The van der Waals surface area contributed by atoms with Crippen molar-refractivity contribution >= 4 is 35.9 Å². The molecule has 8 heteroatoms. The van der Waals surface area contributed by atoms with Gasteiger partial charge in [0.05, 0.1) is 0 Å². The molecule has 164 valence electrons. The van der Waals surface area contributed by atoms with Gasteiger partial charge in [-0.3, -0.25) is 9.89 Å². The molecule has 0 bridgehead atoms. The first kappa shape index (κ1) is 24.3. The number of nitrogens with one attached hydrogen (secondary N) is 1. The second-order valence-corrected chi connectivity index (χ2v) is 7.38. The average molecular weight is 523 g/mol. The molecule has 1 aromatic carbocycles. The fraction of sp³-hybridized carbons (Fsp3) is 0.500.